The molecule has 0 amide bonds. The molecule has 4 heteroatoms. The molecule has 0 saturated carbocycles. The first-order chi connectivity index (χ1) is 13.9. The largest absolute Gasteiger partial charge is 0.328 e. The van der Waals surface area contributed by atoms with Gasteiger partial charge in [0.15, 0.2) is 0 Å². The Bertz CT molecular complexity index is 932. The van der Waals surface area contributed by atoms with Crippen LogP contribution in [0.1, 0.15) is 52.7 Å². The third kappa shape index (κ3) is 6.75. The molecule has 0 spiro atoms. The van der Waals surface area contributed by atoms with Crippen LogP contribution in [0.15, 0.2) is 72.8 Å². The molecule has 0 aromatic heterocycles. The van der Waals surface area contributed by atoms with Crippen molar-refractivity contribution in [2.75, 3.05) is 0 Å². The molecule has 0 radical (unpaired) electrons. The minimum absolute atomic E-state index is 0.106. The predicted molar refractivity (Wildman–Crippen MR) is 128 cm³/mol. The smallest absolute Gasteiger partial charge is 0.324 e. The highest BCUT2D eigenvalue weighted by atomic mass is 31.2. The van der Waals surface area contributed by atoms with Crippen molar-refractivity contribution in [3.8, 4) is 22.3 Å². The lowest BCUT2D eigenvalue weighted by Crippen LogP contribution is -2.17. The van der Waals surface area contributed by atoms with Crippen LogP contribution in [0.4, 0.5) is 0 Å². The highest BCUT2D eigenvalue weighted by Crippen LogP contribution is 2.37. The fourth-order valence-electron chi connectivity index (χ4n) is 3.36. The fourth-order valence-corrected chi connectivity index (χ4v) is 3.36. The van der Waals surface area contributed by atoms with Gasteiger partial charge in [0.2, 0.25) is 0 Å². The van der Waals surface area contributed by atoms with Crippen LogP contribution >= 0.6 is 8.60 Å². The zero-order valence-electron chi connectivity index (χ0n) is 18.7. The van der Waals surface area contributed by atoms with E-state index in [0.29, 0.717) is 0 Å². The van der Waals surface area contributed by atoms with Gasteiger partial charge in [0, 0.05) is 0 Å². The second kappa shape index (κ2) is 9.85. The molecule has 0 atom stereocenters. The van der Waals surface area contributed by atoms with Crippen LogP contribution < -0.4 is 0 Å². The molecule has 3 nitrogen and oxygen atoms in total. The molecule has 0 aliphatic heterocycles. The van der Waals surface area contributed by atoms with Crippen molar-refractivity contribution in [1.29, 1.82) is 0 Å². The van der Waals surface area contributed by atoms with Crippen molar-refractivity contribution in [3.05, 3.63) is 83.9 Å². The van der Waals surface area contributed by atoms with Crippen LogP contribution in [0.2, 0.25) is 0 Å². The maximum Gasteiger partial charge on any atom is 0.324 e. The molecule has 30 heavy (non-hydrogen) atoms. The van der Waals surface area contributed by atoms with Gasteiger partial charge in [-0.05, 0) is 44.2 Å². The lowest BCUT2D eigenvalue weighted by molar-refractivity contribution is 0.368. The van der Waals surface area contributed by atoms with E-state index in [-0.39, 0.29) is 10.8 Å². The van der Waals surface area contributed by atoms with Gasteiger partial charge in [-0.15, -0.1) is 0 Å². The molecule has 0 bridgehead atoms. The van der Waals surface area contributed by atoms with Gasteiger partial charge >= 0.3 is 8.60 Å². The Kier molecular flexibility index (Phi) is 7.96. The second-order valence-corrected chi connectivity index (χ2v) is 10.0. The molecule has 0 fully saturated rings. The van der Waals surface area contributed by atoms with Crippen molar-refractivity contribution in [3.63, 3.8) is 0 Å². The fraction of sp³-hybridized carbons (Fsp3) is 0.308. The Morgan fingerprint density at radius 2 is 1.03 bits per heavy atom. The van der Waals surface area contributed by atoms with E-state index in [2.05, 4.69) is 114 Å². The van der Waals surface area contributed by atoms with Crippen LogP contribution in [0.25, 0.3) is 22.3 Å². The zero-order chi connectivity index (χ0) is 22.5. The van der Waals surface area contributed by atoms with Crippen molar-refractivity contribution >= 4 is 8.60 Å². The molecule has 3 rings (SSSR count). The maximum atomic E-state index is 7.23. The maximum absolute atomic E-state index is 7.23. The first kappa shape index (κ1) is 24.2. The molecule has 0 unspecified atom stereocenters. The lowest BCUT2D eigenvalue weighted by Gasteiger charge is -2.27. The molecule has 3 N–H and O–H groups in total. The number of rotatable bonds is 2. The van der Waals surface area contributed by atoms with E-state index >= 15 is 0 Å². The van der Waals surface area contributed by atoms with Crippen LogP contribution in [-0.2, 0) is 10.8 Å². The molecular weight excluding hydrogens is 391 g/mol. The normalized spacial score (nSPS) is 11.8. The van der Waals surface area contributed by atoms with E-state index in [1.807, 2.05) is 0 Å². The Morgan fingerprint density at radius 3 is 1.50 bits per heavy atom. The van der Waals surface area contributed by atoms with Gasteiger partial charge < -0.3 is 14.7 Å². The number of benzene rings is 3. The molecule has 3 aromatic carbocycles. The molecule has 0 saturated heterocycles. The van der Waals surface area contributed by atoms with Gasteiger partial charge in [0.05, 0.1) is 0 Å². The Balaban J connectivity index is 0.000000735. The highest BCUT2D eigenvalue weighted by Gasteiger charge is 2.22. The SMILES string of the molecule is CC(C)(C)c1ccc(-c2ccc(-c3ccccc3)cc2)c(C(C)(C)C)c1.OP(O)O. The summed E-state index contributed by atoms with van der Waals surface area (Å²) in [5.74, 6) is 0. The minimum Gasteiger partial charge on any atom is -0.328 e. The summed E-state index contributed by atoms with van der Waals surface area (Å²) in [7, 11) is -2.62. The summed E-state index contributed by atoms with van der Waals surface area (Å²) in [6.45, 7) is 13.7. The third-order valence-electron chi connectivity index (χ3n) is 5.00. The van der Waals surface area contributed by atoms with Gasteiger partial charge in [0.25, 0.3) is 0 Å². The van der Waals surface area contributed by atoms with Crippen LogP contribution in [0.5, 0.6) is 0 Å². The van der Waals surface area contributed by atoms with Crippen molar-refractivity contribution < 1.29 is 14.7 Å². The topological polar surface area (TPSA) is 60.7 Å². The summed E-state index contributed by atoms with van der Waals surface area (Å²) in [4.78, 5) is 21.7. The lowest BCUT2D eigenvalue weighted by atomic mass is 9.77. The zero-order valence-corrected chi connectivity index (χ0v) is 19.6. The van der Waals surface area contributed by atoms with Crippen LogP contribution in [0, 0.1) is 0 Å². The molecular formula is C26H33O3P. The number of hydrogen-bond donors (Lipinski definition) is 3. The Morgan fingerprint density at radius 1 is 0.567 bits per heavy atom. The molecule has 0 aliphatic rings. The van der Waals surface area contributed by atoms with Crippen LogP contribution in [0.3, 0.4) is 0 Å². The van der Waals surface area contributed by atoms with Gasteiger partial charge in [-0.25, -0.2) is 0 Å². The minimum atomic E-state index is -2.62. The third-order valence-corrected chi connectivity index (χ3v) is 5.00. The average molecular weight is 425 g/mol. The van der Waals surface area contributed by atoms with Crippen molar-refractivity contribution in [2.24, 2.45) is 0 Å². The quantitative estimate of drug-likeness (QED) is 0.396. The van der Waals surface area contributed by atoms with E-state index < -0.39 is 8.60 Å². The van der Waals surface area contributed by atoms with Gasteiger partial charge in [0.1, 0.15) is 0 Å². The number of hydrogen-bond acceptors (Lipinski definition) is 3. The predicted octanol–water partition coefficient (Wildman–Crippen LogP) is 6.81. The van der Waals surface area contributed by atoms with Crippen molar-refractivity contribution in [2.45, 2.75) is 52.4 Å². The molecule has 160 valence electrons. The highest BCUT2D eigenvalue weighted by molar-refractivity contribution is 7.38. The molecule has 0 heterocycles. The van der Waals surface area contributed by atoms with Gasteiger partial charge in [-0.1, -0.05) is 114 Å². The summed E-state index contributed by atoms with van der Waals surface area (Å²) in [5.41, 5.74) is 8.23. The summed E-state index contributed by atoms with van der Waals surface area (Å²) in [6, 6.07) is 26.5. The van der Waals surface area contributed by atoms with E-state index in [1.165, 1.54) is 33.4 Å². The summed E-state index contributed by atoms with van der Waals surface area (Å²) < 4.78 is 0. The molecule has 0 aliphatic carbocycles. The second-order valence-electron chi connectivity index (χ2n) is 9.47. The summed E-state index contributed by atoms with van der Waals surface area (Å²) in [5, 5.41) is 0. The van der Waals surface area contributed by atoms with Crippen molar-refractivity contribution in [1.82, 2.24) is 0 Å². The average Bonchev–Trinajstić information content (AvgIpc) is 2.66. The summed E-state index contributed by atoms with van der Waals surface area (Å²) >= 11 is 0. The van der Waals surface area contributed by atoms with Crippen LogP contribution in [-0.4, -0.2) is 14.7 Å². The van der Waals surface area contributed by atoms with E-state index in [1.54, 1.807) is 0 Å². The monoisotopic (exact) mass is 424 g/mol. The Labute approximate surface area is 182 Å². The van der Waals surface area contributed by atoms with Gasteiger partial charge in [-0.3, -0.25) is 0 Å². The first-order valence-electron chi connectivity index (χ1n) is 10.1. The van der Waals surface area contributed by atoms with E-state index in [4.69, 9.17) is 14.7 Å². The molecule has 3 aromatic rings. The standard InChI is InChI=1S/C26H30.H3O3P/c1-25(2,3)22-16-17-23(24(18-22)26(4,5)6)21-14-12-20(13-15-21)19-10-8-7-9-11-19;1-4(2)3/h7-18H,1-6H3;1-3H. The van der Waals surface area contributed by atoms with E-state index in [9.17, 15) is 0 Å². The Hall–Kier alpha value is -2.03. The summed E-state index contributed by atoms with van der Waals surface area (Å²) in [6.07, 6.45) is 0. The first-order valence-corrected chi connectivity index (χ1v) is 11.3. The van der Waals surface area contributed by atoms with Gasteiger partial charge in [-0.2, -0.15) is 0 Å². The van der Waals surface area contributed by atoms with E-state index in [0.717, 1.165) is 0 Å².